The second-order valence-corrected chi connectivity index (χ2v) is 4.90. The molecule has 1 aromatic heterocycles. The van der Waals surface area contributed by atoms with E-state index in [1.807, 2.05) is 12.1 Å². The molecule has 0 fully saturated rings. The second kappa shape index (κ2) is 4.05. The van der Waals surface area contributed by atoms with Crippen molar-refractivity contribution >= 4 is 0 Å². The summed E-state index contributed by atoms with van der Waals surface area (Å²) >= 11 is 0. The predicted octanol–water partition coefficient (Wildman–Crippen LogP) is 3.44. The number of hydrogen-bond acceptors (Lipinski definition) is 2. The minimum Gasteiger partial charge on any atom is -0.237 e. The Morgan fingerprint density at radius 1 is 0.938 bits per heavy atom. The first-order valence-corrected chi connectivity index (χ1v) is 5.45. The Morgan fingerprint density at radius 2 is 1.62 bits per heavy atom. The molecule has 0 saturated heterocycles. The SMILES string of the molecule is CC(C)(C)c1cccc(-c2ncccn2)c1. The van der Waals surface area contributed by atoms with E-state index in [1.54, 1.807) is 12.4 Å². The van der Waals surface area contributed by atoms with Gasteiger partial charge in [0.05, 0.1) is 0 Å². The van der Waals surface area contributed by atoms with Crippen molar-refractivity contribution in [2.24, 2.45) is 0 Å². The van der Waals surface area contributed by atoms with Crippen LogP contribution in [0.15, 0.2) is 42.7 Å². The zero-order valence-electron chi connectivity index (χ0n) is 9.94. The second-order valence-electron chi connectivity index (χ2n) is 4.90. The zero-order valence-corrected chi connectivity index (χ0v) is 9.94. The van der Waals surface area contributed by atoms with Crippen molar-refractivity contribution in [1.82, 2.24) is 9.97 Å². The van der Waals surface area contributed by atoms with Gasteiger partial charge >= 0.3 is 0 Å². The van der Waals surface area contributed by atoms with Gasteiger partial charge in [-0.1, -0.05) is 39.0 Å². The highest BCUT2D eigenvalue weighted by atomic mass is 14.8. The minimum absolute atomic E-state index is 0.158. The summed E-state index contributed by atoms with van der Waals surface area (Å²) in [5.41, 5.74) is 2.54. The molecule has 1 aromatic carbocycles. The highest BCUT2D eigenvalue weighted by Gasteiger charge is 2.14. The van der Waals surface area contributed by atoms with Crippen LogP contribution in [0.2, 0.25) is 0 Å². The Bertz CT molecular complexity index is 470. The molecular weight excluding hydrogens is 196 g/mol. The number of aromatic nitrogens is 2. The Labute approximate surface area is 96.4 Å². The first-order valence-electron chi connectivity index (χ1n) is 5.45. The fraction of sp³-hybridized carbons (Fsp3) is 0.286. The van der Waals surface area contributed by atoms with Crippen molar-refractivity contribution in [2.45, 2.75) is 26.2 Å². The molecule has 0 saturated carbocycles. The maximum absolute atomic E-state index is 4.26. The van der Waals surface area contributed by atoms with E-state index in [-0.39, 0.29) is 5.41 Å². The summed E-state index contributed by atoms with van der Waals surface area (Å²) < 4.78 is 0. The summed E-state index contributed by atoms with van der Waals surface area (Å²) in [6.45, 7) is 6.62. The molecule has 0 N–H and O–H groups in total. The third-order valence-electron chi connectivity index (χ3n) is 2.55. The van der Waals surface area contributed by atoms with Crippen LogP contribution in [-0.4, -0.2) is 9.97 Å². The molecule has 0 aliphatic rings. The average molecular weight is 212 g/mol. The smallest absolute Gasteiger partial charge is 0.159 e. The summed E-state index contributed by atoms with van der Waals surface area (Å²) in [5, 5.41) is 0. The molecule has 2 heteroatoms. The first-order chi connectivity index (χ1) is 7.57. The van der Waals surface area contributed by atoms with Crippen LogP contribution < -0.4 is 0 Å². The van der Waals surface area contributed by atoms with Gasteiger partial charge in [0.1, 0.15) is 0 Å². The fourth-order valence-electron chi connectivity index (χ4n) is 1.57. The Hall–Kier alpha value is -1.70. The van der Waals surface area contributed by atoms with Gasteiger partial charge in [0, 0.05) is 18.0 Å². The third-order valence-corrected chi connectivity index (χ3v) is 2.55. The highest BCUT2D eigenvalue weighted by molar-refractivity contribution is 5.56. The molecule has 0 atom stereocenters. The average Bonchev–Trinajstić information content (AvgIpc) is 2.29. The maximum atomic E-state index is 4.26. The number of hydrogen-bond donors (Lipinski definition) is 0. The van der Waals surface area contributed by atoms with Gasteiger partial charge in [-0.15, -0.1) is 0 Å². The van der Waals surface area contributed by atoms with Gasteiger partial charge in [-0.25, -0.2) is 9.97 Å². The van der Waals surface area contributed by atoms with Crippen molar-refractivity contribution in [3.8, 4) is 11.4 Å². The molecule has 0 unspecified atom stereocenters. The Balaban J connectivity index is 2.45. The third kappa shape index (κ3) is 2.27. The lowest BCUT2D eigenvalue weighted by Crippen LogP contribution is -2.10. The summed E-state index contributed by atoms with van der Waals surface area (Å²) in [6, 6.07) is 10.2. The quantitative estimate of drug-likeness (QED) is 0.723. The molecule has 2 nitrogen and oxygen atoms in total. The van der Waals surface area contributed by atoms with E-state index in [0.29, 0.717) is 0 Å². The van der Waals surface area contributed by atoms with Crippen LogP contribution in [0.3, 0.4) is 0 Å². The lowest BCUT2D eigenvalue weighted by Gasteiger charge is -2.19. The fourth-order valence-corrected chi connectivity index (χ4v) is 1.57. The van der Waals surface area contributed by atoms with Crippen LogP contribution in [0.25, 0.3) is 11.4 Å². The van der Waals surface area contributed by atoms with E-state index in [4.69, 9.17) is 0 Å². The lowest BCUT2D eigenvalue weighted by molar-refractivity contribution is 0.590. The molecule has 16 heavy (non-hydrogen) atoms. The molecule has 82 valence electrons. The predicted molar refractivity (Wildman–Crippen MR) is 66.2 cm³/mol. The summed E-state index contributed by atoms with van der Waals surface area (Å²) in [5.74, 6) is 0.786. The van der Waals surface area contributed by atoms with Gasteiger partial charge in [-0.2, -0.15) is 0 Å². The molecule has 0 aliphatic carbocycles. The van der Waals surface area contributed by atoms with E-state index in [2.05, 4.69) is 48.9 Å². The molecule has 2 aromatic rings. The van der Waals surface area contributed by atoms with E-state index >= 15 is 0 Å². The van der Waals surface area contributed by atoms with Gasteiger partial charge in [0.25, 0.3) is 0 Å². The van der Waals surface area contributed by atoms with Crippen LogP contribution >= 0.6 is 0 Å². The van der Waals surface area contributed by atoms with Crippen molar-refractivity contribution in [2.75, 3.05) is 0 Å². The van der Waals surface area contributed by atoms with E-state index in [0.717, 1.165) is 11.4 Å². The first kappa shape index (κ1) is 10.8. The number of benzene rings is 1. The monoisotopic (exact) mass is 212 g/mol. The maximum Gasteiger partial charge on any atom is 0.159 e. The highest BCUT2D eigenvalue weighted by Crippen LogP contribution is 2.25. The largest absolute Gasteiger partial charge is 0.237 e. The van der Waals surface area contributed by atoms with Crippen LogP contribution in [0.1, 0.15) is 26.3 Å². The summed E-state index contributed by atoms with van der Waals surface area (Å²) in [6.07, 6.45) is 3.54. The zero-order chi connectivity index (χ0) is 11.6. The number of nitrogens with zero attached hydrogens (tertiary/aromatic N) is 2. The summed E-state index contributed by atoms with van der Waals surface area (Å²) in [4.78, 5) is 8.52. The minimum atomic E-state index is 0.158. The Kier molecular flexibility index (Phi) is 2.73. The van der Waals surface area contributed by atoms with Gasteiger partial charge in [0.15, 0.2) is 5.82 Å². The molecule has 2 rings (SSSR count). The lowest BCUT2D eigenvalue weighted by atomic mass is 9.86. The van der Waals surface area contributed by atoms with Crippen LogP contribution in [0.4, 0.5) is 0 Å². The molecule has 1 heterocycles. The van der Waals surface area contributed by atoms with Crippen molar-refractivity contribution < 1.29 is 0 Å². The number of rotatable bonds is 1. The van der Waals surface area contributed by atoms with Crippen LogP contribution in [0.5, 0.6) is 0 Å². The van der Waals surface area contributed by atoms with Crippen molar-refractivity contribution in [3.05, 3.63) is 48.3 Å². The van der Waals surface area contributed by atoms with Crippen molar-refractivity contribution in [3.63, 3.8) is 0 Å². The topological polar surface area (TPSA) is 25.8 Å². The van der Waals surface area contributed by atoms with Gasteiger partial charge in [0.2, 0.25) is 0 Å². The van der Waals surface area contributed by atoms with E-state index < -0.39 is 0 Å². The standard InChI is InChI=1S/C14H16N2/c1-14(2,3)12-7-4-6-11(10-12)13-15-8-5-9-16-13/h4-10H,1-3H3. The van der Waals surface area contributed by atoms with Crippen molar-refractivity contribution in [1.29, 1.82) is 0 Å². The van der Waals surface area contributed by atoms with Crippen LogP contribution in [-0.2, 0) is 5.41 Å². The molecular formula is C14H16N2. The molecule has 0 aliphatic heterocycles. The molecule has 0 spiro atoms. The molecule has 0 bridgehead atoms. The van der Waals surface area contributed by atoms with Gasteiger partial charge < -0.3 is 0 Å². The normalized spacial score (nSPS) is 11.4. The van der Waals surface area contributed by atoms with Crippen LogP contribution in [0, 0.1) is 0 Å². The summed E-state index contributed by atoms with van der Waals surface area (Å²) in [7, 11) is 0. The Morgan fingerprint density at radius 3 is 2.25 bits per heavy atom. The van der Waals surface area contributed by atoms with E-state index in [9.17, 15) is 0 Å². The molecule has 0 amide bonds. The van der Waals surface area contributed by atoms with Gasteiger partial charge in [-0.05, 0) is 23.1 Å². The van der Waals surface area contributed by atoms with E-state index in [1.165, 1.54) is 5.56 Å². The molecule has 0 radical (unpaired) electrons. The van der Waals surface area contributed by atoms with Gasteiger partial charge in [-0.3, -0.25) is 0 Å².